The summed E-state index contributed by atoms with van der Waals surface area (Å²) in [6.45, 7) is 3.52. The Bertz CT molecular complexity index is 597. The summed E-state index contributed by atoms with van der Waals surface area (Å²) in [6.07, 6.45) is 0. The Morgan fingerprint density at radius 1 is 1.11 bits per heavy atom. The van der Waals surface area contributed by atoms with Gasteiger partial charge in [-0.05, 0) is 37.6 Å². The van der Waals surface area contributed by atoms with Crippen molar-refractivity contribution in [2.45, 2.75) is 19.9 Å². The fraction of sp³-hybridized carbons (Fsp3) is 0.200. The van der Waals surface area contributed by atoms with E-state index >= 15 is 0 Å². The molecule has 100 valence electrons. The first kappa shape index (κ1) is 13.5. The van der Waals surface area contributed by atoms with Crippen molar-refractivity contribution in [2.75, 3.05) is 0 Å². The van der Waals surface area contributed by atoms with E-state index in [-0.39, 0.29) is 11.5 Å². The van der Waals surface area contributed by atoms with E-state index in [1.807, 2.05) is 0 Å². The molecule has 0 aliphatic carbocycles. The van der Waals surface area contributed by atoms with Crippen LogP contribution in [0.4, 0.5) is 8.78 Å². The van der Waals surface area contributed by atoms with Gasteiger partial charge in [-0.3, -0.25) is 0 Å². The third-order valence-electron chi connectivity index (χ3n) is 2.79. The topological polar surface area (TPSA) is 35.2 Å². The quantitative estimate of drug-likeness (QED) is 0.905. The molecule has 1 unspecified atom stereocenters. The van der Waals surface area contributed by atoms with Gasteiger partial charge in [-0.1, -0.05) is 18.2 Å². The third kappa shape index (κ3) is 2.90. The van der Waals surface area contributed by atoms with Crippen LogP contribution < -0.4 is 10.5 Å². The summed E-state index contributed by atoms with van der Waals surface area (Å²) >= 11 is 0. The van der Waals surface area contributed by atoms with Crippen LogP contribution in [0.2, 0.25) is 0 Å². The second-order valence-corrected chi connectivity index (χ2v) is 4.48. The fourth-order valence-corrected chi connectivity index (χ4v) is 1.79. The average molecular weight is 263 g/mol. The minimum absolute atomic E-state index is 0.00741. The number of nitrogens with two attached hydrogens (primary N) is 1. The van der Waals surface area contributed by atoms with Crippen LogP contribution in [0, 0.1) is 18.6 Å². The van der Waals surface area contributed by atoms with Gasteiger partial charge in [0.05, 0.1) is 0 Å². The van der Waals surface area contributed by atoms with E-state index in [1.54, 1.807) is 32.0 Å². The number of ether oxygens (including phenoxy) is 1. The zero-order valence-corrected chi connectivity index (χ0v) is 10.8. The molecule has 0 heterocycles. The molecule has 2 aromatic rings. The molecule has 2 rings (SSSR count). The fourth-order valence-electron chi connectivity index (χ4n) is 1.79. The van der Waals surface area contributed by atoms with E-state index in [1.165, 1.54) is 18.2 Å². The molecule has 0 bridgehead atoms. The summed E-state index contributed by atoms with van der Waals surface area (Å²) in [5.41, 5.74) is 7.09. The summed E-state index contributed by atoms with van der Waals surface area (Å²) in [7, 11) is 0. The van der Waals surface area contributed by atoms with E-state index < -0.39 is 17.7 Å². The van der Waals surface area contributed by atoms with E-state index in [2.05, 4.69) is 0 Å². The molecule has 0 fully saturated rings. The Kier molecular flexibility index (Phi) is 3.81. The molecule has 2 N–H and O–H groups in total. The molecular weight excluding hydrogens is 248 g/mol. The predicted octanol–water partition coefficient (Wildman–Crippen LogP) is 4.09. The highest BCUT2D eigenvalue weighted by Crippen LogP contribution is 2.33. The average Bonchev–Trinajstić information content (AvgIpc) is 2.35. The summed E-state index contributed by atoms with van der Waals surface area (Å²) in [5.74, 6) is -1.13. The standard InChI is InChI=1S/C15H15F2NO/c1-9-6-7-12(16)14(8-9)19-15-11(10(2)18)4-3-5-13(15)17/h3-8,10H,18H2,1-2H3. The summed E-state index contributed by atoms with van der Waals surface area (Å²) in [5, 5.41) is 0. The highest BCUT2D eigenvalue weighted by atomic mass is 19.1. The van der Waals surface area contributed by atoms with Crippen molar-refractivity contribution in [3.8, 4) is 11.5 Å². The van der Waals surface area contributed by atoms with E-state index in [0.29, 0.717) is 5.56 Å². The van der Waals surface area contributed by atoms with Gasteiger partial charge in [0.25, 0.3) is 0 Å². The molecule has 19 heavy (non-hydrogen) atoms. The van der Waals surface area contributed by atoms with Gasteiger partial charge in [0, 0.05) is 11.6 Å². The van der Waals surface area contributed by atoms with Crippen molar-refractivity contribution >= 4 is 0 Å². The number of halogens is 2. The minimum Gasteiger partial charge on any atom is -0.451 e. The van der Waals surface area contributed by atoms with Gasteiger partial charge >= 0.3 is 0 Å². The summed E-state index contributed by atoms with van der Waals surface area (Å²) in [6, 6.07) is 8.50. The number of aryl methyl sites for hydroxylation is 1. The Labute approximate surface area is 110 Å². The van der Waals surface area contributed by atoms with Crippen LogP contribution in [-0.2, 0) is 0 Å². The zero-order chi connectivity index (χ0) is 14.0. The van der Waals surface area contributed by atoms with E-state index in [9.17, 15) is 8.78 Å². The maximum absolute atomic E-state index is 13.8. The number of hydrogen-bond donors (Lipinski definition) is 1. The van der Waals surface area contributed by atoms with Gasteiger partial charge < -0.3 is 10.5 Å². The minimum atomic E-state index is -0.560. The highest BCUT2D eigenvalue weighted by molar-refractivity contribution is 5.41. The Morgan fingerprint density at radius 3 is 2.53 bits per heavy atom. The molecule has 0 aromatic heterocycles. The molecule has 2 nitrogen and oxygen atoms in total. The first-order chi connectivity index (χ1) is 8.99. The van der Waals surface area contributed by atoms with Gasteiger partial charge in [0.15, 0.2) is 23.1 Å². The first-order valence-corrected chi connectivity index (χ1v) is 5.97. The van der Waals surface area contributed by atoms with Crippen LogP contribution in [0.15, 0.2) is 36.4 Å². The molecule has 4 heteroatoms. The second-order valence-electron chi connectivity index (χ2n) is 4.48. The van der Waals surface area contributed by atoms with Crippen LogP contribution in [0.25, 0.3) is 0 Å². The normalized spacial score (nSPS) is 12.3. The number of para-hydroxylation sites is 1. The van der Waals surface area contributed by atoms with Crippen molar-refractivity contribution in [2.24, 2.45) is 5.73 Å². The number of rotatable bonds is 3. The lowest BCUT2D eigenvalue weighted by Gasteiger charge is -2.15. The molecule has 0 saturated heterocycles. The lowest BCUT2D eigenvalue weighted by Crippen LogP contribution is -2.08. The van der Waals surface area contributed by atoms with Crippen molar-refractivity contribution in [3.05, 3.63) is 59.2 Å². The number of benzene rings is 2. The van der Waals surface area contributed by atoms with E-state index in [4.69, 9.17) is 10.5 Å². The summed E-state index contributed by atoms with van der Waals surface area (Å²) < 4.78 is 32.8. The van der Waals surface area contributed by atoms with Crippen LogP contribution in [0.3, 0.4) is 0 Å². The SMILES string of the molecule is Cc1ccc(F)c(Oc2c(F)cccc2C(C)N)c1. The van der Waals surface area contributed by atoms with Crippen molar-refractivity contribution in [1.29, 1.82) is 0 Å². The van der Waals surface area contributed by atoms with Crippen molar-refractivity contribution in [1.82, 2.24) is 0 Å². The molecule has 0 radical (unpaired) electrons. The number of hydrogen-bond acceptors (Lipinski definition) is 2. The smallest absolute Gasteiger partial charge is 0.167 e. The van der Waals surface area contributed by atoms with Crippen molar-refractivity contribution < 1.29 is 13.5 Å². The Morgan fingerprint density at radius 2 is 1.84 bits per heavy atom. The zero-order valence-electron chi connectivity index (χ0n) is 10.8. The summed E-state index contributed by atoms with van der Waals surface area (Å²) in [4.78, 5) is 0. The molecule has 2 aromatic carbocycles. The molecule has 0 aliphatic rings. The van der Waals surface area contributed by atoms with Crippen LogP contribution in [0.1, 0.15) is 24.1 Å². The predicted molar refractivity (Wildman–Crippen MR) is 70.2 cm³/mol. The molecular formula is C15H15F2NO. The molecule has 1 atom stereocenters. The Balaban J connectivity index is 2.46. The molecule has 0 aliphatic heterocycles. The van der Waals surface area contributed by atoms with Crippen LogP contribution in [-0.4, -0.2) is 0 Å². The lowest BCUT2D eigenvalue weighted by molar-refractivity contribution is 0.407. The third-order valence-corrected chi connectivity index (χ3v) is 2.79. The monoisotopic (exact) mass is 263 g/mol. The molecule has 0 spiro atoms. The highest BCUT2D eigenvalue weighted by Gasteiger charge is 2.15. The van der Waals surface area contributed by atoms with Gasteiger partial charge in [-0.15, -0.1) is 0 Å². The van der Waals surface area contributed by atoms with Crippen LogP contribution in [0.5, 0.6) is 11.5 Å². The van der Waals surface area contributed by atoms with E-state index in [0.717, 1.165) is 5.56 Å². The maximum atomic E-state index is 13.8. The first-order valence-electron chi connectivity index (χ1n) is 5.97. The van der Waals surface area contributed by atoms with Gasteiger partial charge in [0.2, 0.25) is 0 Å². The lowest BCUT2D eigenvalue weighted by atomic mass is 10.1. The largest absolute Gasteiger partial charge is 0.451 e. The molecule has 0 amide bonds. The van der Waals surface area contributed by atoms with Crippen molar-refractivity contribution in [3.63, 3.8) is 0 Å². The maximum Gasteiger partial charge on any atom is 0.167 e. The molecule has 0 saturated carbocycles. The van der Waals surface area contributed by atoms with Gasteiger partial charge in [-0.25, -0.2) is 8.78 Å². The Hall–Kier alpha value is -1.94. The van der Waals surface area contributed by atoms with Gasteiger partial charge in [-0.2, -0.15) is 0 Å². The second kappa shape index (κ2) is 5.36. The van der Waals surface area contributed by atoms with Gasteiger partial charge in [0.1, 0.15) is 0 Å². The van der Waals surface area contributed by atoms with Crippen LogP contribution >= 0.6 is 0 Å².